The third-order valence-electron chi connectivity index (χ3n) is 1.37. The molecule has 0 atom stereocenters. The number of carbonyl (C=O) groups is 1. The molecule has 0 aliphatic carbocycles. The van der Waals surface area contributed by atoms with Crippen LogP contribution in [0.25, 0.3) is 0 Å². The van der Waals surface area contributed by atoms with Crippen molar-refractivity contribution in [3.05, 3.63) is 36.4 Å². The van der Waals surface area contributed by atoms with Gasteiger partial charge in [-0.15, -0.1) is 0 Å². The number of hydrogen-bond donors (Lipinski definition) is 0. The molecule has 2 aromatic rings. The molecule has 0 radical (unpaired) electrons. The summed E-state index contributed by atoms with van der Waals surface area (Å²) in [5, 5.41) is 3.30. The van der Waals surface area contributed by atoms with E-state index in [1.165, 1.54) is 6.33 Å². The van der Waals surface area contributed by atoms with E-state index in [-0.39, 0.29) is 5.91 Å². The quantitative estimate of drug-likeness (QED) is 0.616. The molecule has 0 unspecified atom stereocenters. The number of nitrogens with zero attached hydrogens (tertiary/aromatic N) is 3. The van der Waals surface area contributed by atoms with Gasteiger partial charge in [0.25, 0.3) is 0 Å². The Bertz CT molecular complexity index is 367. The normalized spacial score (nSPS) is 10.0. The first-order valence-electron chi connectivity index (χ1n) is 3.33. The molecule has 12 heavy (non-hydrogen) atoms. The lowest BCUT2D eigenvalue weighted by Gasteiger charge is -2.01. The second-order valence-electron chi connectivity index (χ2n) is 2.15. The highest BCUT2D eigenvalue weighted by Gasteiger charge is 2.11. The molecule has 0 spiro atoms. The highest BCUT2D eigenvalue weighted by Crippen LogP contribution is 1.97. The van der Waals surface area contributed by atoms with Crippen LogP contribution in [0.15, 0.2) is 35.4 Å². The van der Waals surface area contributed by atoms with Gasteiger partial charge in [-0.1, -0.05) is 10.8 Å². The van der Waals surface area contributed by atoms with Crippen molar-refractivity contribution in [1.82, 2.24) is 14.9 Å². The van der Waals surface area contributed by atoms with E-state index in [0.29, 0.717) is 5.69 Å². The fourth-order valence-electron chi connectivity index (χ4n) is 0.786. The van der Waals surface area contributed by atoms with E-state index in [9.17, 15) is 4.79 Å². The molecule has 0 amide bonds. The number of carbonyl (C=O) groups excluding carboxylic acids is 1. The second kappa shape index (κ2) is 2.61. The zero-order chi connectivity index (χ0) is 8.39. The zero-order valence-corrected chi connectivity index (χ0v) is 6.04. The van der Waals surface area contributed by atoms with E-state index in [1.54, 1.807) is 24.4 Å². The Morgan fingerprint density at radius 1 is 1.50 bits per heavy atom. The van der Waals surface area contributed by atoms with Crippen LogP contribution in [0.1, 0.15) is 10.5 Å². The maximum absolute atomic E-state index is 11.3. The summed E-state index contributed by atoms with van der Waals surface area (Å²) in [5.41, 5.74) is 0.337. The minimum Gasteiger partial charge on any atom is -0.263 e. The second-order valence-corrected chi connectivity index (χ2v) is 2.15. The highest BCUT2D eigenvalue weighted by molar-refractivity contribution is 5.92. The third-order valence-corrected chi connectivity index (χ3v) is 1.37. The van der Waals surface area contributed by atoms with Gasteiger partial charge in [-0.25, -0.2) is 0 Å². The van der Waals surface area contributed by atoms with E-state index >= 15 is 0 Å². The van der Waals surface area contributed by atoms with Crippen molar-refractivity contribution in [1.29, 1.82) is 0 Å². The largest absolute Gasteiger partial charge is 0.312 e. The standard InChI is InChI=1S/C7H5N3O2/c11-7(10-5-9-12-10)6-3-1-2-4-8-6/h1-5H. The molecule has 0 saturated carbocycles. The Morgan fingerprint density at radius 3 is 2.83 bits per heavy atom. The van der Waals surface area contributed by atoms with Crippen molar-refractivity contribution >= 4 is 5.91 Å². The van der Waals surface area contributed by atoms with E-state index in [2.05, 4.69) is 14.8 Å². The van der Waals surface area contributed by atoms with Crippen LogP contribution < -0.4 is 0 Å². The van der Waals surface area contributed by atoms with Gasteiger partial charge in [-0.05, 0) is 17.3 Å². The van der Waals surface area contributed by atoms with Gasteiger partial charge in [-0.2, -0.15) is 0 Å². The monoisotopic (exact) mass is 163 g/mol. The molecule has 2 aromatic heterocycles. The molecule has 5 nitrogen and oxygen atoms in total. The van der Waals surface area contributed by atoms with Gasteiger partial charge in [-0.3, -0.25) is 14.4 Å². The fourth-order valence-corrected chi connectivity index (χ4v) is 0.786. The van der Waals surface area contributed by atoms with Crippen molar-refractivity contribution < 1.29 is 9.42 Å². The van der Waals surface area contributed by atoms with Gasteiger partial charge < -0.3 is 0 Å². The Hall–Kier alpha value is -1.91. The van der Waals surface area contributed by atoms with Crippen molar-refractivity contribution in [2.75, 3.05) is 0 Å². The lowest BCUT2D eigenvalue weighted by atomic mass is 10.3. The van der Waals surface area contributed by atoms with Crippen LogP contribution in [-0.2, 0) is 0 Å². The van der Waals surface area contributed by atoms with Crippen LogP contribution in [-0.4, -0.2) is 20.8 Å². The molecular formula is C7H5N3O2. The van der Waals surface area contributed by atoms with Crippen molar-refractivity contribution in [3.8, 4) is 0 Å². The van der Waals surface area contributed by atoms with Gasteiger partial charge in [0.15, 0.2) is 6.33 Å². The Labute approximate surface area is 67.6 Å². The van der Waals surface area contributed by atoms with Gasteiger partial charge in [0.05, 0.1) is 0 Å². The molecule has 0 aliphatic rings. The minimum absolute atomic E-state index is 0.314. The van der Waals surface area contributed by atoms with Crippen LogP contribution in [0.2, 0.25) is 0 Å². The Kier molecular flexibility index (Phi) is 1.48. The van der Waals surface area contributed by atoms with Gasteiger partial charge in [0.1, 0.15) is 5.69 Å². The molecule has 60 valence electrons. The third kappa shape index (κ3) is 1.01. The average molecular weight is 163 g/mol. The smallest absolute Gasteiger partial charge is 0.263 e. The topological polar surface area (TPSA) is 60.9 Å². The first kappa shape index (κ1) is 6.78. The number of rotatable bonds is 1. The van der Waals surface area contributed by atoms with Crippen LogP contribution in [0.3, 0.4) is 0 Å². The van der Waals surface area contributed by atoms with Crippen molar-refractivity contribution in [2.45, 2.75) is 0 Å². The lowest BCUT2D eigenvalue weighted by molar-refractivity contribution is 0.0642. The summed E-state index contributed by atoms with van der Waals surface area (Å²) in [6.45, 7) is 0. The van der Waals surface area contributed by atoms with Gasteiger partial charge >= 0.3 is 5.91 Å². The summed E-state index contributed by atoms with van der Waals surface area (Å²) in [7, 11) is 0. The van der Waals surface area contributed by atoms with E-state index < -0.39 is 0 Å². The zero-order valence-electron chi connectivity index (χ0n) is 6.04. The first-order chi connectivity index (χ1) is 5.88. The van der Waals surface area contributed by atoms with Gasteiger partial charge in [0, 0.05) is 6.20 Å². The predicted octanol–water partition coefficient (Wildman–Crippen LogP) is 0.560. The molecule has 0 N–H and O–H groups in total. The minimum atomic E-state index is -0.314. The first-order valence-corrected chi connectivity index (χ1v) is 3.33. The van der Waals surface area contributed by atoms with Crippen molar-refractivity contribution in [3.63, 3.8) is 0 Å². The Morgan fingerprint density at radius 2 is 2.33 bits per heavy atom. The molecule has 2 rings (SSSR count). The summed E-state index contributed by atoms with van der Waals surface area (Å²) in [6.07, 6.45) is 2.83. The van der Waals surface area contributed by atoms with E-state index in [1.807, 2.05) is 0 Å². The summed E-state index contributed by atoms with van der Waals surface area (Å²) in [6, 6.07) is 5.08. The summed E-state index contributed by atoms with van der Waals surface area (Å²) in [4.78, 5) is 15.1. The fraction of sp³-hybridized carbons (Fsp3) is 0. The highest BCUT2D eigenvalue weighted by atomic mass is 16.6. The molecule has 0 bridgehead atoms. The molecule has 0 aromatic carbocycles. The molecule has 0 fully saturated rings. The van der Waals surface area contributed by atoms with Gasteiger partial charge in [0.2, 0.25) is 0 Å². The maximum Gasteiger partial charge on any atom is 0.312 e. The van der Waals surface area contributed by atoms with E-state index in [4.69, 9.17) is 0 Å². The summed E-state index contributed by atoms with van der Waals surface area (Å²) >= 11 is 0. The lowest BCUT2D eigenvalue weighted by Crippen LogP contribution is -2.16. The summed E-state index contributed by atoms with van der Waals surface area (Å²) in [5.74, 6) is -0.314. The summed E-state index contributed by atoms with van der Waals surface area (Å²) < 4.78 is 5.48. The van der Waals surface area contributed by atoms with Crippen LogP contribution in [0.4, 0.5) is 0 Å². The number of pyridine rings is 1. The number of aromatic nitrogens is 3. The number of hydrogen-bond acceptors (Lipinski definition) is 4. The van der Waals surface area contributed by atoms with Crippen molar-refractivity contribution in [2.24, 2.45) is 0 Å². The molecule has 0 saturated heterocycles. The van der Waals surface area contributed by atoms with Crippen LogP contribution >= 0.6 is 0 Å². The average Bonchev–Trinajstić information content (AvgIpc) is 2.03. The molecule has 5 heteroatoms. The predicted molar refractivity (Wildman–Crippen MR) is 38.5 cm³/mol. The van der Waals surface area contributed by atoms with Crippen LogP contribution in [0.5, 0.6) is 0 Å². The molecule has 0 aliphatic heterocycles. The van der Waals surface area contributed by atoms with Crippen LogP contribution in [0, 0.1) is 0 Å². The Balaban J connectivity index is 2.30. The molecular weight excluding hydrogens is 158 g/mol. The van der Waals surface area contributed by atoms with E-state index in [0.717, 1.165) is 4.74 Å². The molecule has 2 heterocycles. The SMILES string of the molecule is O=C(c1ccccn1)n1cno1. The maximum atomic E-state index is 11.3.